The van der Waals surface area contributed by atoms with Gasteiger partial charge >= 0.3 is 11.9 Å². The van der Waals surface area contributed by atoms with Crippen LogP contribution < -0.4 is 0 Å². The van der Waals surface area contributed by atoms with E-state index in [9.17, 15) is 19.8 Å². The molecular weight excluding hydrogens is 1750 g/mol. The Balaban J connectivity index is 0.000000257. The molecule has 6 fully saturated rings. The molecule has 39 heteroatoms. The molecule has 97 heavy (non-hydrogen) atoms. The maximum absolute atomic E-state index is 12.7. The van der Waals surface area contributed by atoms with E-state index in [-0.39, 0.29) is 85.9 Å². The first-order valence-electron chi connectivity index (χ1n) is 31.3. The average molecular weight is 1840 g/mol. The zero-order valence-corrected chi connectivity index (χ0v) is 77.1. The van der Waals surface area contributed by atoms with Gasteiger partial charge in [-0.3, -0.25) is 9.59 Å². The van der Waals surface area contributed by atoms with Gasteiger partial charge in [0.05, 0.1) is 73.9 Å². The van der Waals surface area contributed by atoms with Crippen molar-refractivity contribution in [3.05, 3.63) is 71.8 Å². The number of esters is 2. The summed E-state index contributed by atoms with van der Waals surface area (Å²) in [5.74, 6) is 0.684. The largest absolute Gasteiger partial charge is 0.461 e. The number of carbonyl (C=O) groups is 2. The molecule has 2 spiro atoms. The molecule has 0 amide bonds. The van der Waals surface area contributed by atoms with Crippen molar-refractivity contribution in [3.8, 4) is 0 Å². The Morgan fingerprint density at radius 1 is 0.495 bits per heavy atom. The molecule has 0 saturated carbocycles. The normalized spacial score (nSPS) is 29.9. The monoisotopic (exact) mass is 1840 g/mol. The van der Waals surface area contributed by atoms with E-state index in [4.69, 9.17) is 82.6 Å². The first-order valence-corrected chi connectivity index (χ1v) is 64.7. The first kappa shape index (κ1) is 90.6. The van der Waals surface area contributed by atoms with Crippen molar-refractivity contribution < 1.29 is 57.7 Å². The van der Waals surface area contributed by atoms with E-state index in [1.807, 2.05) is 67.6 Å². The second-order valence-electron chi connectivity index (χ2n) is 24.6. The first-order chi connectivity index (χ1) is 46.7. The van der Waals surface area contributed by atoms with Crippen molar-refractivity contribution >= 4 is 261 Å². The highest BCUT2D eigenvalue weighted by Gasteiger charge is 2.58. The topological polar surface area (TPSA) is 148 Å². The summed E-state index contributed by atoms with van der Waals surface area (Å²) in [5.41, 5.74) is 1.91. The molecule has 12 nitrogen and oxygen atoms in total. The van der Waals surface area contributed by atoms with Crippen molar-refractivity contribution in [1.29, 1.82) is 0 Å². The molecule has 2 aromatic carbocycles. The number of fused-ring (bicyclic) bond motifs is 2. The van der Waals surface area contributed by atoms with Gasteiger partial charge in [0.15, 0.2) is 11.6 Å². The van der Waals surface area contributed by atoms with Crippen LogP contribution in [0.15, 0.2) is 60.7 Å². The van der Waals surface area contributed by atoms with Crippen molar-refractivity contribution in [2.45, 2.75) is 232 Å². The predicted molar refractivity (Wildman–Crippen MR) is 466 cm³/mol. The number of aliphatic hydroxyl groups is 2. The number of aliphatic hydroxyl groups excluding tert-OH is 2. The molecule has 0 aromatic heterocycles. The Morgan fingerprint density at radius 2 is 0.845 bits per heavy atom. The van der Waals surface area contributed by atoms with Crippen LogP contribution in [0.25, 0.3) is 0 Å². The lowest BCUT2D eigenvalue weighted by Gasteiger charge is -2.52. The smallest absolute Gasteiger partial charge is 0.308 e. The van der Waals surface area contributed by atoms with Crippen LogP contribution in [0.4, 0.5) is 0 Å². The second kappa shape index (κ2) is 51.4. The zero-order valence-electron chi connectivity index (χ0n) is 55.1. The summed E-state index contributed by atoms with van der Waals surface area (Å²) in [4.78, 5) is 25.3. The number of carbonyl (C=O) groups excluding carboxylic acids is 2. The van der Waals surface area contributed by atoms with Crippen LogP contribution in [-0.4, -0.2) is 94.8 Å². The quantitative estimate of drug-likeness (QED) is 0.153. The Labute approximate surface area is 660 Å². The van der Waals surface area contributed by atoms with Crippen LogP contribution in [0.2, 0.25) is 0 Å². The van der Waals surface area contributed by atoms with Crippen molar-refractivity contribution in [1.82, 2.24) is 0 Å². The van der Waals surface area contributed by atoms with Crippen LogP contribution in [0.5, 0.6) is 0 Å². The van der Waals surface area contributed by atoms with Gasteiger partial charge in [0.25, 0.3) is 0 Å². The molecule has 20 atom stereocenters. The van der Waals surface area contributed by atoms with E-state index >= 15 is 0 Å². The molecular formula is C58H88O12S27. The van der Waals surface area contributed by atoms with Crippen LogP contribution in [0.3, 0.4) is 0 Å². The molecule has 6 heterocycles. The zero-order chi connectivity index (χ0) is 70.6. The molecule has 6 aliphatic rings. The lowest BCUT2D eigenvalue weighted by Crippen LogP contribution is -2.59. The van der Waals surface area contributed by atoms with Gasteiger partial charge in [0, 0.05) is 288 Å². The minimum atomic E-state index is -0.872. The van der Waals surface area contributed by atoms with Gasteiger partial charge < -0.3 is 48.1 Å². The summed E-state index contributed by atoms with van der Waals surface area (Å²) in [6.07, 6.45) is 6.55. The molecule has 0 aliphatic carbocycles. The Hall–Kier alpha value is 3.00. The van der Waals surface area contributed by atoms with Gasteiger partial charge in [-0.25, -0.2) is 0 Å². The standard InChI is InChI=1S/C30H46O5.C28H42O7.S14.S13/c1-7-19(2)13-20(3)25-14-27-29(33-25)22(5)17-30(35-27)16-21(4)23(6)26(34-30)15-28(31)32-18-24-11-9-8-10-12-24;1-5-17(2)11-21(29)22-12-24-27(33-22)19(4)15-28(35-24)14-18(3)26(31)23(34-28)13-25(30)32-16-20-9-7-6-8-10-20;1-3-5-7-9-11-13-14-12-10-8-6-4-2;1-3-5-7-9-11-13-12-10-8-6-4-2/h8-12,19-23,25-27,29H,7,13-18H2,1-6H3;6-10,17-19,21-24,26-27,29,31H,5,11-16H2,1-4H3;;/t19-,20-,21-,22-,23-,25-,26-,27-,29-,30+;17-,18-,19-,21-,22-,23-,24-,26-,27-,28+;;/m00../s1. The molecule has 6 aliphatic heterocycles. The van der Waals surface area contributed by atoms with Gasteiger partial charge in [-0.2, -0.15) is 0 Å². The maximum atomic E-state index is 12.7. The number of benzene rings is 2. The lowest BCUT2D eigenvalue weighted by molar-refractivity contribution is -0.352. The van der Waals surface area contributed by atoms with Crippen LogP contribution in [0, 0.1) is 47.3 Å². The van der Waals surface area contributed by atoms with E-state index in [2.05, 4.69) is 62.3 Å². The van der Waals surface area contributed by atoms with Crippen LogP contribution in [-0.2, 0) is 310 Å². The minimum Gasteiger partial charge on any atom is -0.461 e. The third-order valence-electron chi connectivity index (χ3n) is 17.6. The van der Waals surface area contributed by atoms with E-state index in [1.54, 1.807) is 169 Å². The molecule has 2 N–H and O–H groups in total. The summed E-state index contributed by atoms with van der Waals surface area (Å²) in [6, 6.07) is 19.3. The number of ether oxygens (including phenoxy) is 8. The van der Waals surface area contributed by atoms with Gasteiger partial charge in [0.1, 0.15) is 13.2 Å². The number of hydrogen-bond acceptors (Lipinski definition) is 16. The lowest BCUT2D eigenvalue weighted by atomic mass is 9.76. The molecule has 0 unspecified atom stereocenters. The number of rotatable bonds is 16. The fraction of sp³-hybridized carbons (Fsp3) is 0.759. The summed E-state index contributed by atoms with van der Waals surface area (Å²) in [5, 5.41) is 21.6. The predicted octanol–water partition coefficient (Wildman–Crippen LogP) is 10.4. The Kier molecular flexibility index (Phi) is 48.0. The van der Waals surface area contributed by atoms with Crippen LogP contribution >= 0.6 is 0 Å². The summed E-state index contributed by atoms with van der Waals surface area (Å²) in [6.45, 7) is 22.5. The summed E-state index contributed by atoms with van der Waals surface area (Å²) in [7, 11) is 38.0. The SMILES string of the molecule is CC[C@H](C)C[C@H](C)[C@@H]1C[C@@H]2O[C@]3(C[C@H](C)[C@H](C)[C@H](CC(=O)OCc4ccccc4)O3)C[C@H](C)[C@@H]2O1.CC[C@H](C)C[C@H](O)[C@@H]1C[C@@H]2O[C@]3(C[C@H](C)[C@H](O)[C@H](CC(=O)OCc4ccccc4)O3)C[C@H](C)[C@@H]2O1.S=S=S=S=S=S=S=S=S=S=S=S=S.S=S=S=S=S=S=S=S=S=S=S=S=S=S. The fourth-order valence-electron chi connectivity index (χ4n) is 12.6. The van der Waals surface area contributed by atoms with Crippen LogP contribution in [0.1, 0.15) is 157 Å². The van der Waals surface area contributed by atoms with Gasteiger partial charge in [-0.05, 0) is 71.3 Å². The highest BCUT2D eigenvalue weighted by Crippen LogP contribution is 2.51. The van der Waals surface area contributed by atoms with Gasteiger partial charge in [-0.1, -0.05) is 143 Å². The van der Waals surface area contributed by atoms with E-state index in [0.29, 0.717) is 61.9 Å². The molecule has 8 rings (SSSR count). The Bertz CT molecular complexity index is 3700. The third kappa shape index (κ3) is 33.8. The van der Waals surface area contributed by atoms with Crippen molar-refractivity contribution in [2.24, 2.45) is 47.3 Å². The van der Waals surface area contributed by atoms with Gasteiger partial charge in [-0.15, -0.1) is 0 Å². The minimum absolute atomic E-state index is 0.0291. The van der Waals surface area contributed by atoms with Crippen molar-refractivity contribution in [2.75, 3.05) is 0 Å². The maximum Gasteiger partial charge on any atom is 0.308 e. The second-order valence-corrected chi connectivity index (χ2v) is 65.3. The molecule has 0 bridgehead atoms. The van der Waals surface area contributed by atoms with Gasteiger partial charge in [0.2, 0.25) is 0 Å². The molecule has 6 saturated heterocycles. The molecule has 0 radical (unpaired) electrons. The van der Waals surface area contributed by atoms with Crippen molar-refractivity contribution in [3.63, 3.8) is 0 Å². The highest BCUT2D eigenvalue weighted by molar-refractivity contribution is 8.77. The summed E-state index contributed by atoms with van der Waals surface area (Å²) >= 11 is 18.8. The van der Waals surface area contributed by atoms with E-state index < -0.39 is 35.9 Å². The fourth-order valence-corrected chi connectivity index (χ4v) is 64.7. The highest BCUT2D eigenvalue weighted by atomic mass is 33.5. The summed E-state index contributed by atoms with van der Waals surface area (Å²) < 4.78 is 50.3. The van der Waals surface area contributed by atoms with E-state index in [0.717, 1.165) is 36.8 Å². The molecule has 554 valence electrons. The Morgan fingerprint density at radius 3 is 1.26 bits per heavy atom. The average Bonchev–Trinajstić information content (AvgIpc) is 1.75. The third-order valence-corrected chi connectivity index (χ3v) is 64.2. The van der Waals surface area contributed by atoms with E-state index in [1.165, 1.54) is 48.4 Å². The number of hydrogen-bond donors (Lipinski definition) is 2. The molecule has 2 aromatic rings.